The molecule has 116 valence electrons. The summed E-state index contributed by atoms with van der Waals surface area (Å²) in [5.74, 6) is -0.0397. The SMILES string of the molecule is CC(=O)SC(C)(C)C(=O)Nc1c[n+](N2CCNCC2)no1. The number of piperazine rings is 1. The van der Waals surface area contributed by atoms with E-state index in [2.05, 4.69) is 15.9 Å². The van der Waals surface area contributed by atoms with E-state index in [1.807, 2.05) is 5.01 Å². The van der Waals surface area contributed by atoms with Crippen molar-refractivity contribution in [3.05, 3.63) is 6.20 Å². The maximum atomic E-state index is 12.2. The molecule has 0 unspecified atom stereocenters. The third kappa shape index (κ3) is 4.18. The van der Waals surface area contributed by atoms with Crippen molar-refractivity contribution in [1.82, 2.24) is 10.6 Å². The fraction of sp³-hybridized carbons (Fsp3) is 0.667. The van der Waals surface area contributed by atoms with Crippen LogP contribution in [0.25, 0.3) is 0 Å². The smallest absolute Gasteiger partial charge is 0.305 e. The first-order valence-corrected chi connectivity index (χ1v) is 7.56. The van der Waals surface area contributed by atoms with E-state index in [9.17, 15) is 9.59 Å². The quantitative estimate of drug-likeness (QED) is 0.724. The Kier molecular flexibility index (Phi) is 4.84. The van der Waals surface area contributed by atoms with Crippen molar-refractivity contribution < 1.29 is 18.9 Å². The minimum absolute atomic E-state index is 0.108. The molecule has 1 saturated heterocycles. The highest BCUT2D eigenvalue weighted by Crippen LogP contribution is 2.26. The van der Waals surface area contributed by atoms with Crippen molar-refractivity contribution in [3.63, 3.8) is 0 Å². The van der Waals surface area contributed by atoms with Crippen molar-refractivity contribution >= 4 is 28.7 Å². The van der Waals surface area contributed by atoms with Gasteiger partial charge in [0.05, 0.1) is 22.6 Å². The Morgan fingerprint density at radius 3 is 2.76 bits per heavy atom. The van der Waals surface area contributed by atoms with Crippen LogP contribution in [0.15, 0.2) is 10.7 Å². The molecule has 2 N–H and O–H groups in total. The molecule has 1 aliphatic rings. The number of nitrogens with zero attached hydrogens (tertiary/aromatic N) is 3. The summed E-state index contributed by atoms with van der Waals surface area (Å²) in [6.45, 7) is 8.21. The largest absolute Gasteiger partial charge is 0.313 e. The molecule has 1 amide bonds. The fourth-order valence-corrected chi connectivity index (χ4v) is 2.81. The van der Waals surface area contributed by atoms with Crippen LogP contribution in [0.3, 0.4) is 0 Å². The minimum Gasteiger partial charge on any atom is -0.313 e. The van der Waals surface area contributed by atoms with Crippen molar-refractivity contribution in [2.75, 3.05) is 36.5 Å². The van der Waals surface area contributed by atoms with Gasteiger partial charge in [-0.2, -0.15) is 5.01 Å². The summed E-state index contributed by atoms with van der Waals surface area (Å²) in [5, 5.41) is 11.7. The highest BCUT2D eigenvalue weighted by molar-refractivity contribution is 8.15. The predicted octanol–water partition coefficient (Wildman–Crippen LogP) is -0.500. The lowest BCUT2D eigenvalue weighted by Crippen LogP contribution is -2.64. The van der Waals surface area contributed by atoms with Crippen LogP contribution in [-0.4, -0.2) is 47.2 Å². The standard InChI is InChI=1S/C12H19N5O3S/c1-9(18)21-12(2,3)11(19)14-10-8-17(15-20-10)16-6-4-13-5-7-16/h8,13H,4-7H2,1-3H3/p+1. The average Bonchev–Trinajstić information content (AvgIpc) is 2.87. The van der Waals surface area contributed by atoms with E-state index >= 15 is 0 Å². The van der Waals surface area contributed by atoms with Crippen LogP contribution in [0.4, 0.5) is 5.88 Å². The van der Waals surface area contributed by atoms with Crippen LogP contribution in [-0.2, 0) is 9.59 Å². The maximum absolute atomic E-state index is 12.2. The molecule has 1 fully saturated rings. The summed E-state index contributed by atoms with van der Waals surface area (Å²) in [6, 6.07) is 0. The molecule has 0 saturated carbocycles. The number of carbonyl (C=O) groups is 2. The summed E-state index contributed by atoms with van der Waals surface area (Å²) in [5.41, 5.74) is 0. The van der Waals surface area contributed by atoms with E-state index in [1.165, 1.54) is 6.92 Å². The average molecular weight is 314 g/mol. The van der Waals surface area contributed by atoms with Gasteiger partial charge >= 0.3 is 5.88 Å². The summed E-state index contributed by atoms with van der Waals surface area (Å²) < 4.78 is 4.25. The van der Waals surface area contributed by atoms with Crippen molar-refractivity contribution in [2.24, 2.45) is 0 Å². The lowest BCUT2D eigenvalue weighted by molar-refractivity contribution is -0.758. The van der Waals surface area contributed by atoms with Gasteiger partial charge in [-0.3, -0.25) is 19.4 Å². The number of anilines is 1. The van der Waals surface area contributed by atoms with Crippen LogP contribution in [0, 0.1) is 0 Å². The molecule has 2 rings (SSSR count). The van der Waals surface area contributed by atoms with Gasteiger partial charge in [-0.15, -0.1) is 0 Å². The highest BCUT2D eigenvalue weighted by atomic mass is 32.2. The van der Waals surface area contributed by atoms with Gasteiger partial charge in [0.25, 0.3) is 6.20 Å². The molecule has 8 nitrogen and oxygen atoms in total. The van der Waals surface area contributed by atoms with Crippen LogP contribution >= 0.6 is 11.8 Å². The van der Waals surface area contributed by atoms with Crippen molar-refractivity contribution in [1.29, 1.82) is 0 Å². The molecule has 0 atom stereocenters. The van der Waals surface area contributed by atoms with E-state index < -0.39 is 4.75 Å². The lowest BCUT2D eigenvalue weighted by Gasteiger charge is -2.19. The number of aromatic nitrogens is 2. The van der Waals surface area contributed by atoms with Gasteiger partial charge in [0.2, 0.25) is 11.2 Å². The molecule has 2 heterocycles. The molecule has 21 heavy (non-hydrogen) atoms. The van der Waals surface area contributed by atoms with Crippen LogP contribution in [0.1, 0.15) is 20.8 Å². The van der Waals surface area contributed by atoms with Crippen LogP contribution < -0.4 is 20.4 Å². The molecule has 1 aliphatic heterocycles. The number of amides is 1. The molecule has 0 aromatic carbocycles. The second kappa shape index (κ2) is 6.44. The summed E-state index contributed by atoms with van der Waals surface area (Å²) in [4.78, 5) is 24.9. The van der Waals surface area contributed by atoms with E-state index in [1.54, 1.807) is 24.8 Å². The Morgan fingerprint density at radius 1 is 1.48 bits per heavy atom. The predicted molar refractivity (Wildman–Crippen MR) is 78.5 cm³/mol. The molecule has 1 aromatic rings. The zero-order valence-electron chi connectivity index (χ0n) is 12.4. The van der Waals surface area contributed by atoms with Gasteiger partial charge in [-0.25, -0.2) is 0 Å². The molecule has 9 heteroatoms. The van der Waals surface area contributed by atoms with Crippen LogP contribution in [0.5, 0.6) is 0 Å². The number of rotatable bonds is 4. The van der Waals surface area contributed by atoms with Gasteiger partial charge in [0.1, 0.15) is 0 Å². The Hall–Kier alpha value is -1.61. The number of hydrogen-bond acceptors (Lipinski definition) is 7. The molecule has 0 aliphatic carbocycles. The second-order valence-electron chi connectivity index (χ2n) is 5.25. The topological polar surface area (TPSA) is 91.4 Å². The zero-order valence-corrected chi connectivity index (χ0v) is 13.2. The third-order valence-corrected chi connectivity index (χ3v) is 4.00. The molecular weight excluding hydrogens is 294 g/mol. The van der Waals surface area contributed by atoms with Gasteiger partial charge in [-0.05, 0) is 13.8 Å². The van der Waals surface area contributed by atoms with Crippen LogP contribution in [0.2, 0.25) is 0 Å². The van der Waals surface area contributed by atoms with Crippen molar-refractivity contribution in [3.8, 4) is 0 Å². The van der Waals surface area contributed by atoms with Gasteiger partial charge < -0.3 is 5.32 Å². The molecule has 0 spiro atoms. The zero-order chi connectivity index (χ0) is 15.5. The van der Waals surface area contributed by atoms with Gasteiger partial charge in [-0.1, -0.05) is 11.8 Å². The first kappa shape index (κ1) is 15.8. The first-order chi connectivity index (χ1) is 9.88. The minimum atomic E-state index is -0.863. The van der Waals surface area contributed by atoms with E-state index in [4.69, 9.17) is 4.52 Å². The summed E-state index contributed by atoms with van der Waals surface area (Å²) in [7, 11) is 0. The molecule has 1 aromatic heterocycles. The van der Waals surface area contributed by atoms with E-state index in [-0.39, 0.29) is 16.9 Å². The monoisotopic (exact) mass is 314 g/mol. The fourth-order valence-electron chi connectivity index (χ4n) is 1.95. The summed E-state index contributed by atoms with van der Waals surface area (Å²) >= 11 is 0.980. The summed E-state index contributed by atoms with van der Waals surface area (Å²) in [6.07, 6.45) is 1.62. The highest BCUT2D eigenvalue weighted by Gasteiger charge is 2.32. The number of carbonyl (C=O) groups excluding carboxylic acids is 2. The third-order valence-electron chi connectivity index (χ3n) is 3.02. The second-order valence-corrected chi connectivity index (χ2v) is 7.05. The Morgan fingerprint density at radius 2 is 2.14 bits per heavy atom. The number of nitrogens with one attached hydrogen (secondary N) is 2. The van der Waals surface area contributed by atoms with E-state index in [0.717, 1.165) is 37.9 Å². The number of hydrogen-bond donors (Lipinski definition) is 2. The normalized spacial score (nSPS) is 15.9. The first-order valence-electron chi connectivity index (χ1n) is 6.74. The Bertz CT molecular complexity index is 525. The van der Waals surface area contributed by atoms with E-state index in [0.29, 0.717) is 0 Å². The van der Waals surface area contributed by atoms with Gasteiger partial charge in [0, 0.05) is 20.0 Å². The van der Waals surface area contributed by atoms with Gasteiger partial charge in [0.15, 0.2) is 5.12 Å². The Balaban J connectivity index is 1.98. The maximum Gasteiger partial charge on any atom is 0.305 e. The lowest BCUT2D eigenvalue weighted by atomic mass is 10.2. The molecular formula is C12H20N5O3S+. The Labute approximate surface area is 127 Å². The van der Waals surface area contributed by atoms with Crippen molar-refractivity contribution in [2.45, 2.75) is 25.5 Å². The molecule has 0 radical (unpaired) electrons. The molecule has 0 bridgehead atoms. The number of thioether (sulfide) groups is 1.